The monoisotopic (exact) mass is 772 g/mol. The van der Waals surface area contributed by atoms with Crippen molar-refractivity contribution in [3.8, 4) is 22.6 Å². The second-order valence-corrected chi connectivity index (χ2v) is 15.6. The Kier molecular flexibility index (Phi) is 10.5. The lowest BCUT2D eigenvalue weighted by atomic mass is 9.93. The van der Waals surface area contributed by atoms with Crippen LogP contribution < -0.4 is 20.1 Å². The Bertz CT molecular complexity index is 2590. The topological polar surface area (TPSA) is 129 Å². The molecule has 0 aliphatic carbocycles. The summed E-state index contributed by atoms with van der Waals surface area (Å²) in [4.78, 5) is 8.77. The lowest BCUT2D eigenvalue weighted by Gasteiger charge is -2.27. The molecule has 2 N–H and O–H groups in total. The van der Waals surface area contributed by atoms with Crippen molar-refractivity contribution in [1.82, 2.24) is 30.4 Å². The first kappa shape index (κ1) is 37.4. The normalized spacial score (nSPS) is 17.5. The molecule has 4 aromatic heterocycles. The van der Waals surface area contributed by atoms with Gasteiger partial charge in [-0.1, -0.05) is 56.3 Å². The Morgan fingerprint density at radius 3 is 1.97 bits per heavy atom. The number of pyridine rings is 2. The Morgan fingerprint density at radius 1 is 0.638 bits per heavy atom. The number of ether oxygens (including phenoxy) is 3. The van der Waals surface area contributed by atoms with Crippen LogP contribution in [0.3, 0.4) is 0 Å². The molecule has 0 amide bonds. The second-order valence-electron chi connectivity index (χ2n) is 15.6. The lowest BCUT2D eigenvalue weighted by molar-refractivity contribution is 0.0595. The SMILES string of the molecule is Cc1cc(C(C)c2nnc(NCC3CCCOC3)c3cc(-c4ccc5c(c4)OCC(CNc4nnc(C(C)c6ccnc(C)c6)c6ccccc46)O5)ccc23)ccn1. The number of rotatable bonds is 11. The van der Waals surface area contributed by atoms with Crippen LogP contribution in [0.15, 0.2) is 97.3 Å². The average molecular weight is 773 g/mol. The minimum absolute atomic E-state index is 0.0379. The maximum atomic E-state index is 6.47. The molecule has 0 saturated carbocycles. The highest BCUT2D eigenvalue weighted by Gasteiger charge is 2.24. The van der Waals surface area contributed by atoms with E-state index < -0.39 is 0 Å². The van der Waals surface area contributed by atoms with Crippen molar-refractivity contribution in [1.29, 1.82) is 0 Å². The third-order valence-electron chi connectivity index (χ3n) is 11.5. The molecular formula is C47H48N8O3. The quantitative estimate of drug-likeness (QED) is 0.131. The van der Waals surface area contributed by atoms with E-state index in [0.29, 0.717) is 24.8 Å². The predicted octanol–water partition coefficient (Wildman–Crippen LogP) is 9.04. The van der Waals surface area contributed by atoms with Crippen molar-refractivity contribution >= 4 is 33.2 Å². The number of hydrogen-bond acceptors (Lipinski definition) is 11. The molecule has 9 rings (SSSR count). The van der Waals surface area contributed by atoms with E-state index in [-0.39, 0.29) is 17.9 Å². The molecule has 58 heavy (non-hydrogen) atoms. The Morgan fingerprint density at radius 2 is 1.28 bits per heavy atom. The van der Waals surface area contributed by atoms with Gasteiger partial charge in [-0.05, 0) is 97.3 Å². The van der Waals surface area contributed by atoms with Crippen molar-refractivity contribution in [2.24, 2.45) is 5.92 Å². The molecule has 0 bridgehead atoms. The summed E-state index contributed by atoms with van der Waals surface area (Å²) < 4.78 is 18.6. The maximum Gasteiger partial charge on any atom is 0.162 e. The molecule has 4 atom stereocenters. The fourth-order valence-electron chi connectivity index (χ4n) is 8.18. The number of anilines is 2. The van der Waals surface area contributed by atoms with Gasteiger partial charge < -0.3 is 24.8 Å². The molecule has 3 aromatic carbocycles. The van der Waals surface area contributed by atoms with Crippen LogP contribution in [0.25, 0.3) is 32.7 Å². The summed E-state index contributed by atoms with van der Waals surface area (Å²) in [5, 5.41) is 30.3. The van der Waals surface area contributed by atoms with E-state index in [0.717, 1.165) is 117 Å². The number of benzene rings is 3. The van der Waals surface area contributed by atoms with Gasteiger partial charge in [0.15, 0.2) is 23.1 Å². The molecule has 294 valence electrons. The first-order valence-corrected chi connectivity index (χ1v) is 20.3. The zero-order valence-electron chi connectivity index (χ0n) is 33.4. The van der Waals surface area contributed by atoms with Crippen LogP contribution in [-0.2, 0) is 4.74 Å². The van der Waals surface area contributed by atoms with Gasteiger partial charge in [-0.25, -0.2) is 0 Å². The number of aryl methyl sites for hydroxylation is 2. The van der Waals surface area contributed by atoms with Gasteiger partial charge in [0.2, 0.25) is 0 Å². The van der Waals surface area contributed by atoms with Gasteiger partial charge in [-0.15, -0.1) is 10.2 Å². The minimum atomic E-state index is -0.218. The molecule has 11 heteroatoms. The summed E-state index contributed by atoms with van der Waals surface area (Å²) in [6.45, 7) is 11.7. The standard InChI is InChI=1S/C47H48N8O3/c1-28-20-33(15-17-48-28)30(3)44-38-9-5-6-10-40(38)46(54-52-44)51-25-37-27-57-43-23-36(12-14-42(43)58-37)35-11-13-39-41(22-35)47(50-24-32-8-7-19-56-26-32)55-53-45(39)31(4)34-16-18-49-29(2)21-34/h5-6,9-18,20-23,30-32,37H,7-8,19,24-27H2,1-4H3,(H,50,55)(H,51,54). The van der Waals surface area contributed by atoms with Gasteiger partial charge in [0.25, 0.3) is 0 Å². The van der Waals surface area contributed by atoms with Gasteiger partial charge in [-0.2, -0.15) is 10.2 Å². The van der Waals surface area contributed by atoms with Gasteiger partial charge in [0.05, 0.1) is 24.5 Å². The smallest absolute Gasteiger partial charge is 0.162 e. The van der Waals surface area contributed by atoms with E-state index in [1.165, 1.54) is 0 Å². The molecule has 6 heterocycles. The van der Waals surface area contributed by atoms with E-state index in [4.69, 9.17) is 29.5 Å². The molecule has 0 radical (unpaired) electrons. The summed E-state index contributed by atoms with van der Waals surface area (Å²) in [5.41, 5.74) is 8.24. The largest absolute Gasteiger partial charge is 0.486 e. The molecule has 2 aliphatic rings. The number of nitrogens with one attached hydrogen (secondary N) is 2. The molecule has 1 saturated heterocycles. The Labute approximate surface area is 338 Å². The van der Waals surface area contributed by atoms with Crippen molar-refractivity contribution in [3.63, 3.8) is 0 Å². The van der Waals surface area contributed by atoms with Gasteiger partial charge in [0, 0.05) is 70.3 Å². The van der Waals surface area contributed by atoms with Crippen LogP contribution in [0.4, 0.5) is 11.6 Å². The highest BCUT2D eigenvalue weighted by Crippen LogP contribution is 2.39. The molecule has 0 spiro atoms. The number of fused-ring (bicyclic) bond motifs is 3. The van der Waals surface area contributed by atoms with Crippen LogP contribution in [0.2, 0.25) is 0 Å². The zero-order chi connectivity index (χ0) is 39.6. The van der Waals surface area contributed by atoms with Gasteiger partial charge in [0.1, 0.15) is 12.7 Å². The summed E-state index contributed by atoms with van der Waals surface area (Å²) in [6, 6.07) is 29.3. The fraction of sp³-hybridized carbons (Fsp3) is 0.319. The number of hydrogen-bond donors (Lipinski definition) is 2. The summed E-state index contributed by atoms with van der Waals surface area (Å²) >= 11 is 0. The average Bonchev–Trinajstić information content (AvgIpc) is 3.26. The van der Waals surface area contributed by atoms with Gasteiger partial charge >= 0.3 is 0 Å². The number of nitrogens with zero attached hydrogens (tertiary/aromatic N) is 6. The van der Waals surface area contributed by atoms with Crippen molar-refractivity contribution in [2.75, 3.05) is 43.5 Å². The van der Waals surface area contributed by atoms with E-state index in [9.17, 15) is 0 Å². The highest BCUT2D eigenvalue weighted by molar-refractivity contribution is 5.97. The maximum absolute atomic E-state index is 6.47. The summed E-state index contributed by atoms with van der Waals surface area (Å²) in [6.07, 6.45) is 5.71. The molecular weight excluding hydrogens is 725 g/mol. The van der Waals surface area contributed by atoms with Crippen molar-refractivity contribution in [3.05, 3.63) is 131 Å². The van der Waals surface area contributed by atoms with Crippen molar-refractivity contribution < 1.29 is 14.2 Å². The van der Waals surface area contributed by atoms with Crippen LogP contribution in [0.1, 0.15) is 72.4 Å². The zero-order valence-corrected chi connectivity index (χ0v) is 33.4. The molecule has 4 unspecified atom stereocenters. The molecule has 2 aliphatic heterocycles. The van der Waals surface area contributed by atoms with Crippen molar-refractivity contribution in [2.45, 2.75) is 58.5 Å². The first-order valence-electron chi connectivity index (χ1n) is 20.3. The van der Waals surface area contributed by atoms with Crippen LogP contribution in [-0.4, -0.2) is 69.4 Å². The van der Waals surface area contributed by atoms with Crippen LogP contribution in [0.5, 0.6) is 11.5 Å². The second kappa shape index (κ2) is 16.3. The van der Waals surface area contributed by atoms with Crippen LogP contribution >= 0.6 is 0 Å². The van der Waals surface area contributed by atoms with Crippen LogP contribution in [0, 0.1) is 19.8 Å². The highest BCUT2D eigenvalue weighted by atomic mass is 16.6. The molecule has 11 nitrogen and oxygen atoms in total. The lowest BCUT2D eigenvalue weighted by Crippen LogP contribution is -2.35. The van der Waals surface area contributed by atoms with E-state index in [1.54, 1.807) is 0 Å². The minimum Gasteiger partial charge on any atom is -0.486 e. The molecule has 1 fully saturated rings. The van der Waals surface area contributed by atoms with E-state index >= 15 is 0 Å². The molecule has 7 aromatic rings. The van der Waals surface area contributed by atoms with E-state index in [2.05, 4.69) is 100 Å². The van der Waals surface area contributed by atoms with E-state index in [1.807, 2.05) is 50.5 Å². The summed E-state index contributed by atoms with van der Waals surface area (Å²) in [7, 11) is 0. The Balaban J connectivity index is 0.938. The fourth-order valence-corrected chi connectivity index (χ4v) is 8.18. The van der Waals surface area contributed by atoms with Gasteiger partial charge in [-0.3, -0.25) is 9.97 Å². The summed E-state index contributed by atoms with van der Waals surface area (Å²) in [5.74, 6) is 3.47. The Hall–Kier alpha value is -6.20. The third kappa shape index (κ3) is 7.74. The predicted molar refractivity (Wildman–Crippen MR) is 228 cm³/mol. The first-order chi connectivity index (χ1) is 28.4. The third-order valence-corrected chi connectivity index (χ3v) is 11.5. The number of aromatic nitrogens is 6.